The van der Waals surface area contributed by atoms with Crippen molar-refractivity contribution in [3.05, 3.63) is 64.9 Å². The Morgan fingerprint density at radius 1 is 1.10 bits per heavy atom. The molecule has 2 N–H and O–H groups in total. The van der Waals surface area contributed by atoms with Crippen molar-refractivity contribution >= 4 is 17.5 Å². The monoisotopic (exact) mass is 424 g/mol. The highest BCUT2D eigenvalue weighted by molar-refractivity contribution is 6.07. The van der Waals surface area contributed by atoms with E-state index in [9.17, 15) is 9.59 Å². The Kier molecular flexibility index (Phi) is 7.12. The minimum Gasteiger partial charge on any atom is -0.485 e. The minimum absolute atomic E-state index is 0.129. The van der Waals surface area contributed by atoms with Crippen LogP contribution in [0.2, 0.25) is 0 Å². The molecule has 3 aromatic rings. The van der Waals surface area contributed by atoms with Gasteiger partial charge in [-0.05, 0) is 50.5 Å². The van der Waals surface area contributed by atoms with Crippen LogP contribution in [0.4, 0.5) is 5.69 Å². The molecule has 1 aromatic carbocycles. The summed E-state index contributed by atoms with van der Waals surface area (Å²) in [5, 5.41) is 9.76. The predicted octanol–water partition coefficient (Wildman–Crippen LogP) is 4.08. The first-order valence-corrected chi connectivity index (χ1v) is 10.4. The van der Waals surface area contributed by atoms with Crippen molar-refractivity contribution in [3.63, 3.8) is 0 Å². The lowest BCUT2D eigenvalue weighted by Crippen LogP contribution is -2.26. The van der Waals surface area contributed by atoms with Crippen molar-refractivity contribution in [1.82, 2.24) is 15.1 Å². The molecular weight excluding hydrogens is 396 g/mol. The van der Waals surface area contributed by atoms with Crippen LogP contribution in [0.5, 0.6) is 5.75 Å². The SMILES string of the molecule is CCCNC(=O)c1nn(CC)cc1NC(=O)c1ccc(COc2c(C)cccc2C)o1. The van der Waals surface area contributed by atoms with Gasteiger partial charge in [0.25, 0.3) is 11.8 Å². The number of para-hydroxylation sites is 1. The van der Waals surface area contributed by atoms with E-state index in [0.717, 1.165) is 23.3 Å². The fourth-order valence-electron chi connectivity index (χ4n) is 3.10. The normalized spacial score (nSPS) is 10.7. The van der Waals surface area contributed by atoms with Gasteiger partial charge in [0.05, 0.1) is 5.69 Å². The number of hydrogen-bond acceptors (Lipinski definition) is 5. The van der Waals surface area contributed by atoms with E-state index in [1.807, 2.05) is 45.9 Å². The first-order chi connectivity index (χ1) is 14.9. The molecule has 8 nitrogen and oxygen atoms in total. The molecule has 0 aliphatic rings. The summed E-state index contributed by atoms with van der Waals surface area (Å²) in [5.74, 6) is 0.673. The van der Waals surface area contributed by atoms with Crippen LogP contribution in [0, 0.1) is 13.8 Å². The van der Waals surface area contributed by atoms with Crippen molar-refractivity contribution in [2.45, 2.75) is 47.3 Å². The number of aromatic nitrogens is 2. The second-order valence-corrected chi connectivity index (χ2v) is 7.23. The molecule has 2 heterocycles. The van der Waals surface area contributed by atoms with E-state index in [1.54, 1.807) is 23.0 Å². The molecule has 0 fully saturated rings. The fraction of sp³-hybridized carbons (Fsp3) is 0.348. The number of rotatable bonds is 9. The third-order valence-corrected chi connectivity index (χ3v) is 4.74. The molecule has 0 spiro atoms. The Hall–Kier alpha value is -3.55. The van der Waals surface area contributed by atoms with E-state index >= 15 is 0 Å². The van der Waals surface area contributed by atoms with Crippen molar-refractivity contribution in [2.75, 3.05) is 11.9 Å². The topological polar surface area (TPSA) is 98.4 Å². The van der Waals surface area contributed by atoms with Crippen molar-refractivity contribution in [1.29, 1.82) is 0 Å². The zero-order valence-electron chi connectivity index (χ0n) is 18.3. The summed E-state index contributed by atoms with van der Waals surface area (Å²) in [6, 6.07) is 9.22. The second-order valence-electron chi connectivity index (χ2n) is 7.23. The molecule has 3 rings (SSSR count). The average molecular weight is 425 g/mol. The Bertz CT molecular complexity index is 1050. The molecule has 0 atom stereocenters. The van der Waals surface area contributed by atoms with Crippen LogP contribution in [0.1, 0.15) is 58.2 Å². The van der Waals surface area contributed by atoms with Crippen LogP contribution in [-0.2, 0) is 13.2 Å². The van der Waals surface area contributed by atoms with Crippen LogP contribution in [0.25, 0.3) is 0 Å². The lowest BCUT2D eigenvalue weighted by Gasteiger charge is -2.10. The number of nitrogens with zero attached hydrogens (tertiary/aromatic N) is 2. The van der Waals surface area contributed by atoms with E-state index in [-0.39, 0.29) is 24.0 Å². The number of carbonyl (C=O) groups is 2. The number of amides is 2. The van der Waals surface area contributed by atoms with E-state index in [4.69, 9.17) is 9.15 Å². The summed E-state index contributed by atoms with van der Waals surface area (Å²) in [6.07, 6.45) is 2.44. The van der Waals surface area contributed by atoms with Gasteiger partial charge < -0.3 is 19.8 Å². The van der Waals surface area contributed by atoms with Crippen LogP contribution in [-0.4, -0.2) is 28.1 Å². The summed E-state index contributed by atoms with van der Waals surface area (Å²) in [5.41, 5.74) is 2.58. The molecule has 164 valence electrons. The highest BCUT2D eigenvalue weighted by atomic mass is 16.5. The van der Waals surface area contributed by atoms with Gasteiger partial charge in [-0.25, -0.2) is 0 Å². The number of anilines is 1. The third kappa shape index (κ3) is 5.33. The summed E-state index contributed by atoms with van der Waals surface area (Å²) >= 11 is 0. The molecule has 0 aliphatic heterocycles. The summed E-state index contributed by atoms with van der Waals surface area (Å²) < 4.78 is 13.1. The smallest absolute Gasteiger partial charge is 0.291 e. The highest BCUT2D eigenvalue weighted by Crippen LogP contribution is 2.24. The average Bonchev–Trinajstić information content (AvgIpc) is 3.39. The van der Waals surface area contributed by atoms with Gasteiger partial charge in [0.1, 0.15) is 18.1 Å². The Morgan fingerprint density at radius 2 is 1.84 bits per heavy atom. The van der Waals surface area contributed by atoms with Gasteiger partial charge in [0, 0.05) is 19.3 Å². The Balaban J connectivity index is 1.69. The summed E-state index contributed by atoms with van der Waals surface area (Å²) in [6.45, 7) is 9.14. The molecule has 0 unspecified atom stereocenters. The fourth-order valence-corrected chi connectivity index (χ4v) is 3.10. The largest absolute Gasteiger partial charge is 0.485 e. The number of hydrogen-bond donors (Lipinski definition) is 2. The molecular formula is C23H28N4O4. The van der Waals surface area contributed by atoms with Crippen molar-refractivity contribution in [2.24, 2.45) is 0 Å². The van der Waals surface area contributed by atoms with Crippen LogP contribution in [0.15, 0.2) is 40.9 Å². The maximum atomic E-state index is 12.7. The lowest BCUT2D eigenvalue weighted by atomic mass is 10.1. The number of benzene rings is 1. The molecule has 0 bridgehead atoms. The van der Waals surface area contributed by atoms with Gasteiger partial charge in [-0.1, -0.05) is 25.1 Å². The minimum atomic E-state index is -0.460. The molecule has 0 saturated heterocycles. The third-order valence-electron chi connectivity index (χ3n) is 4.74. The van der Waals surface area contributed by atoms with Crippen LogP contribution < -0.4 is 15.4 Å². The summed E-state index contributed by atoms with van der Waals surface area (Å²) in [4.78, 5) is 25.1. The second kappa shape index (κ2) is 9.97. The van der Waals surface area contributed by atoms with E-state index in [1.165, 1.54) is 0 Å². The molecule has 0 aliphatic carbocycles. The highest BCUT2D eigenvalue weighted by Gasteiger charge is 2.20. The van der Waals surface area contributed by atoms with Crippen molar-refractivity contribution < 1.29 is 18.7 Å². The van der Waals surface area contributed by atoms with Gasteiger partial charge >= 0.3 is 0 Å². The van der Waals surface area contributed by atoms with Gasteiger partial charge in [0.15, 0.2) is 11.5 Å². The number of aryl methyl sites for hydroxylation is 3. The Morgan fingerprint density at radius 3 is 2.52 bits per heavy atom. The zero-order chi connectivity index (χ0) is 22.4. The van der Waals surface area contributed by atoms with Gasteiger partial charge in [-0.15, -0.1) is 0 Å². The van der Waals surface area contributed by atoms with Crippen molar-refractivity contribution in [3.8, 4) is 5.75 Å². The number of nitrogens with one attached hydrogen (secondary N) is 2. The van der Waals surface area contributed by atoms with Gasteiger partial charge in [-0.2, -0.15) is 5.10 Å². The predicted molar refractivity (Wildman–Crippen MR) is 117 cm³/mol. The van der Waals surface area contributed by atoms with E-state index in [2.05, 4.69) is 15.7 Å². The molecule has 0 saturated carbocycles. The quantitative estimate of drug-likeness (QED) is 0.539. The summed E-state index contributed by atoms with van der Waals surface area (Å²) in [7, 11) is 0. The number of furan rings is 1. The maximum absolute atomic E-state index is 12.7. The molecule has 2 amide bonds. The number of carbonyl (C=O) groups excluding carboxylic acids is 2. The molecule has 31 heavy (non-hydrogen) atoms. The first kappa shape index (κ1) is 22.1. The number of ether oxygens (including phenoxy) is 1. The van der Waals surface area contributed by atoms with E-state index in [0.29, 0.717) is 24.5 Å². The van der Waals surface area contributed by atoms with Crippen LogP contribution in [0.3, 0.4) is 0 Å². The van der Waals surface area contributed by atoms with Gasteiger partial charge in [-0.3, -0.25) is 14.3 Å². The molecule has 0 radical (unpaired) electrons. The Labute approximate surface area is 181 Å². The molecule has 2 aromatic heterocycles. The van der Waals surface area contributed by atoms with Crippen LogP contribution >= 0.6 is 0 Å². The maximum Gasteiger partial charge on any atom is 0.291 e. The molecule has 8 heteroatoms. The standard InChI is InChI=1S/C23H28N4O4/c1-5-12-24-23(29)20-18(13-27(6-2)26-20)25-22(28)19-11-10-17(31-19)14-30-21-15(3)8-7-9-16(21)4/h7-11,13H,5-6,12,14H2,1-4H3,(H,24,29)(H,25,28). The first-order valence-electron chi connectivity index (χ1n) is 10.4. The zero-order valence-corrected chi connectivity index (χ0v) is 18.3. The lowest BCUT2D eigenvalue weighted by molar-refractivity contribution is 0.0948. The van der Waals surface area contributed by atoms with E-state index < -0.39 is 5.91 Å². The van der Waals surface area contributed by atoms with Gasteiger partial charge in [0.2, 0.25) is 0 Å².